The summed E-state index contributed by atoms with van der Waals surface area (Å²) in [4.78, 5) is 5.35. The van der Waals surface area contributed by atoms with E-state index in [9.17, 15) is 0 Å². The van der Waals surface area contributed by atoms with Crippen molar-refractivity contribution in [2.24, 2.45) is 0 Å². The monoisotopic (exact) mass is 365 g/mol. The van der Waals surface area contributed by atoms with E-state index in [0.717, 1.165) is 20.5 Å². The minimum atomic E-state index is -0.311. The molecule has 3 nitrogen and oxygen atoms in total. The molecule has 0 bridgehead atoms. The first-order chi connectivity index (χ1) is 9.80. The summed E-state index contributed by atoms with van der Waals surface area (Å²) in [6.45, 7) is 8.26. The van der Waals surface area contributed by atoms with E-state index in [-0.39, 0.29) is 18.3 Å². The SMILES string of the molecule is CC1(C)OB(c2ccc(-c3scnc3Br)cc2)OC1(C)C. The summed E-state index contributed by atoms with van der Waals surface area (Å²) in [6.07, 6.45) is 0. The van der Waals surface area contributed by atoms with Crippen molar-refractivity contribution in [1.29, 1.82) is 0 Å². The van der Waals surface area contributed by atoms with Gasteiger partial charge in [0.1, 0.15) is 4.60 Å². The summed E-state index contributed by atoms with van der Waals surface area (Å²) in [5.41, 5.74) is 3.40. The number of hydrogen-bond acceptors (Lipinski definition) is 4. The van der Waals surface area contributed by atoms with Gasteiger partial charge in [0.2, 0.25) is 0 Å². The summed E-state index contributed by atoms with van der Waals surface area (Å²) in [5, 5.41) is 0. The van der Waals surface area contributed by atoms with Crippen LogP contribution in [0.1, 0.15) is 27.7 Å². The lowest BCUT2D eigenvalue weighted by Crippen LogP contribution is -2.41. The van der Waals surface area contributed by atoms with E-state index in [1.54, 1.807) is 11.3 Å². The van der Waals surface area contributed by atoms with Crippen LogP contribution in [0.2, 0.25) is 0 Å². The molecular weight excluding hydrogens is 349 g/mol. The molecule has 1 aromatic carbocycles. The highest BCUT2D eigenvalue weighted by Gasteiger charge is 2.51. The van der Waals surface area contributed by atoms with Crippen molar-refractivity contribution in [2.45, 2.75) is 38.9 Å². The molecule has 2 heterocycles. The minimum Gasteiger partial charge on any atom is -0.399 e. The first-order valence-corrected chi connectivity index (χ1v) is 8.52. The van der Waals surface area contributed by atoms with E-state index < -0.39 is 0 Å². The van der Waals surface area contributed by atoms with E-state index in [1.807, 2.05) is 5.51 Å². The van der Waals surface area contributed by atoms with Gasteiger partial charge in [0.25, 0.3) is 0 Å². The summed E-state index contributed by atoms with van der Waals surface area (Å²) in [5.74, 6) is 0. The average molecular weight is 366 g/mol. The average Bonchev–Trinajstić information content (AvgIpc) is 2.92. The van der Waals surface area contributed by atoms with Crippen LogP contribution in [0.5, 0.6) is 0 Å². The third-order valence-corrected chi connectivity index (χ3v) is 5.96. The van der Waals surface area contributed by atoms with Crippen molar-refractivity contribution in [3.05, 3.63) is 34.4 Å². The predicted octanol–water partition coefficient (Wildman–Crippen LogP) is 3.87. The first-order valence-electron chi connectivity index (χ1n) is 6.85. The Bertz CT molecular complexity index is 638. The summed E-state index contributed by atoms with van der Waals surface area (Å²) in [6, 6.07) is 8.28. The molecule has 0 amide bonds. The Morgan fingerprint density at radius 2 is 1.62 bits per heavy atom. The lowest BCUT2D eigenvalue weighted by atomic mass is 9.79. The molecule has 1 aliphatic rings. The second-order valence-electron chi connectivity index (χ2n) is 6.18. The fourth-order valence-corrected chi connectivity index (χ4v) is 3.62. The van der Waals surface area contributed by atoms with Crippen LogP contribution in [0.4, 0.5) is 0 Å². The molecule has 21 heavy (non-hydrogen) atoms. The van der Waals surface area contributed by atoms with Crippen molar-refractivity contribution in [2.75, 3.05) is 0 Å². The zero-order chi connectivity index (χ0) is 15.3. The van der Waals surface area contributed by atoms with E-state index >= 15 is 0 Å². The molecule has 1 aromatic heterocycles. The van der Waals surface area contributed by atoms with Crippen molar-refractivity contribution in [1.82, 2.24) is 4.98 Å². The lowest BCUT2D eigenvalue weighted by Gasteiger charge is -2.32. The Balaban J connectivity index is 1.85. The van der Waals surface area contributed by atoms with Gasteiger partial charge in [0, 0.05) is 0 Å². The van der Waals surface area contributed by atoms with Crippen LogP contribution < -0.4 is 5.46 Å². The smallest absolute Gasteiger partial charge is 0.399 e. The number of benzene rings is 1. The maximum absolute atomic E-state index is 6.06. The molecule has 0 unspecified atom stereocenters. The molecule has 0 spiro atoms. The highest BCUT2D eigenvalue weighted by atomic mass is 79.9. The Morgan fingerprint density at radius 3 is 2.10 bits per heavy atom. The van der Waals surface area contributed by atoms with Gasteiger partial charge < -0.3 is 9.31 Å². The van der Waals surface area contributed by atoms with Crippen molar-refractivity contribution in [3.8, 4) is 10.4 Å². The summed E-state index contributed by atoms with van der Waals surface area (Å²) >= 11 is 5.09. The molecule has 1 fully saturated rings. The van der Waals surface area contributed by atoms with Gasteiger partial charge in [-0.15, -0.1) is 11.3 Å². The molecule has 110 valence electrons. The second-order valence-corrected chi connectivity index (χ2v) is 7.79. The van der Waals surface area contributed by atoms with Crippen LogP contribution in [0, 0.1) is 0 Å². The number of rotatable bonds is 2. The van der Waals surface area contributed by atoms with Crippen LogP contribution >= 0.6 is 27.3 Å². The Kier molecular flexibility index (Phi) is 3.77. The number of halogens is 1. The molecule has 1 saturated heterocycles. The Morgan fingerprint density at radius 1 is 1.05 bits per heavy atom. The van der Waals surface area contributed by atoms with Gasteiger partial charge >= 0.3 is 7.12 Å². The van der Waals surface area contributed by atoms with Crippen molar-refractivity contribution < 1.29 is 9.31 Å². The largest absolute Gasteiger partial charge is 0.494 e. The minimum absolute atomic E-state index is 0.308. The number of hydrogen-bond donors (Lipinski definition) is 0. The standard InChI is InChI=1S/C15H17BBrNO2S/c1-14(2)15(3,4)20-16(19-14)11-7-5-10(6-8-11)12-13(17)18-9-21-12/h5-9H,1-4H3. The van der Waals surface area contributed by atoms with E-state index in [0.29, 0.717) is 0 Å². The fraction of sp³-hybridized carbons (Fsp3) is 0.400. The van der Waals surface area contributed by atoms with Gasteiger partial charge in [-0.1, -0.05) is 24.3 Å². The quantitative estimate of drug-likeness (QED) is 0.757. The molecule has 1 aliphatic heterocycles. The third-order valence-electron chi connectivity index (χ3n) is 4.22. The first kappa shape index (κ1) is 15.2. The van der Waals surface area contributed by atoms with Crippen LogP contribution in [0.25, 0.3) is 10.4 Å². The Hall–Kier alpha value is -0.685. The maximum Gasteiger partial charge on any atom is 0.494 e. The van der Waals surface area contributed by atoms with Gasteiger partial charge in [-0.3, -0.25) is 0 Å². The van der Waals surface area contributed by atoms with E-state index in [4.69, 9.17) is 9.31 Å². The number of nitrogens with zero attached hydrogens (tertiary/aromatic N) is 1. The van der Waals surface area contributed by atoms with Crippen LogP contribution in [0.15, 0.2) is 34.4 Å². The summed E-state index contributed by atoms with van der Waals surface area (Å²) < 4.78 is 13.0. The maximum atomic E-state index is 6.06. The fourth-order valence-electron chi connectivity index (χ4n) is 2.19. The van der Waals surface area contributed by atoms with Crippen LogP contribution in [-0.2, 0) is 9.31 Å². The van der Waals surface area contributed by atoms with Gasteiger partial charge in [0.05, 0.1) is 21.6 Å². The van der Waals surface area contributed by atoms with E-state index in [2.05, 4.69) is 72.9 Å². The number of aromatic nitrogens is 1. The lowest BCUT2D eigenvalue weighted by molar-refractivity contribution is 0.00578. The molecule has 6 heteroatoms. The second kappa shape index (κ2) is 5.20. The molecule has 0 N–H and O–H groups in total. The van der Waals surface area contributed by atoms with Gasteiger partial charge in [-0.05, 0) is 54.7 Å². The zero-order valence-corrected chi connectivity index (χ0v) is 14.9. The predicted molar refractivity (Wildman–Crippen MR) is 91.0 cm³/mol. The molecule has 0 radical (unpaired) electrons. The molecule has 0 atom stereocenters. The van der Waals surface area contributed by atoms with Gasteiger partial charge in [-0.25, -0.2) is 4.98 Å². The molecular formula is C15H17BBrNO2S. The highest BCUT2D eigenvalue weighted by molar-refractivity contribution is 9.10. The van der Waals surface area contributed by atoms with Crippen molar-refractivity contribution >= 4 is 39.8 Å². The zero-order valence-electron chi connectivity index (χ0n) is 12.5. The Labute approximate surface area is 138 Å². The molecule has 2 aromatic rings. The highest BCUT2D eigenvalue weighted by Crippen LogP contribution is 2.37. The molecule has 3 rings (SSSR count). The molecule has 0 aliphatic carbocycles. The van der Waals surface area contributed by atoms with Crippen LogP contribution in [0.3, 0.4) is 0 Å². The number of thiazole rings is 1. The van der Waals surface area contributed by atoms with Crippen LogP contribution in [-0.4, -0.2) is 23.3 Å². The summed E-state index contributed by atoms with van der Waals surface area (Å²) in [7, 11) is -0.311. The topological polar surface area (TPSA) is 31.4 Å². The normalized spacial score (nSPS) is 20.0. The molecule has 0 saturated carbocycles. The van der Waals surface area contributed by atoms with Gasteiger partial charge in [0.15, 0.2) is 0 Å². The van der Waals surface area contributed by atoms with Gasteiger partial charge in [-0.2, -0.15) is 0 Å². The van der Waals surface area contributed by atoms with E-state index in [1.165, 1.54) is 0 Å². The van der Waals surface area contributed by atoms with Crippen molar-refractivity contribution in [3.63, 3.8) is 0 Å². The third kappa shape index (κ3) is 2.70.